The fourth-order valence-electron chi connectivity index (χ4n) is 0.906. The lowest BCUT2D eigenvalue weighted by molar-refractivity contribution is 0.117. The van der Waals surface area contributed by atoms with E-state index in [-0.39, 0.29) is 0 Å². The van der Waals surface area contributed by atoms with Gasteiger partial charge in [0.15, 0.2) is 0 Å². The van der Waals surface area contributed by atoms with Crippen molar-refractivity contribution in [2.75, 3.05) is 0 Å². The van der Waals surface area contributed by atoms with Gasteiger partial charge in [0.1, 0.15) is 5.58 Å². The van der Waals surface area contributed by atoms with Gasteiger partial charge in [-0.3, -0.25) is 0 Å². The summed E-state index contributed by atoms with van der Waals surface area (Å²) in [5, 5.41) is 1.16. The minimum absolute atomic E-state index is 0.956. The lowest BCUT2D eigenvalue weighted by Crippen LogP contribution is -2.33. The van der Waals surface area contributed by atoms with Gasteiger partial charge in [0.25, 0.3) is 0 Å². The van der Waals surface area contributed by atoms with Crippen LogP contribution in [0.1, 0.15) is 0 Å². The minimum atomic E-state index is -4.61. The maximum absolute atomic E-state index is 7.33. The molecule has 0 aliphatic rings. The molecule has 5 nitrogen and oxygen atoms in total. The van der Waals surface area contributed by atoms with Gasteiger partial charge in [-0.1, -0.05) is 18.2 Å². The van der Waals surface area contributed by atoms with Crippen LogP contribution in [0.2, 0.25) is 0 Å². The van der Waals surface area contributed by atoms with Gasteiger partial charge in [-0.25, -0.2) is 0 Å². The van der Waals surface area contributed by atoms with Crippen molar-refractivity contribution in [1.29, 1.82) is 0 Å². The third kappa shape index (κ3) is 4.17. The van der Waals surface area contributed by atoms with Gasteiger partial charge in [-0.15, -0.1) is 0 Å². The van der Waals surface area contributed by atoms with Gasteiger partial charge in [-0.05, 0) is 12.1 Å². The number of hydrogen-bond donors (Lipinski definition) is 4. The van der Waals surface area contributed by atoms with Crippen LogP contribution in [0.5, 0.6) is 0 Å². The second-order valence-electron chi connectivity index (χ2n) is 2.56. The highest BCUT2D eigenvalue weighted by Gasteiger charge is 2.22. The summed E-state index contributed by atoms with van der Waals surface area (Å²) < 4.78 is 5.12. The zero-order chi connectivity index (χ0) is 10.6. The summed E-state index contributed by atoms with van der Waals surface area (Å²) >= 11 is 0. The highest BCUT2D eigenvalue weighted by Crippen LogP contribution is 2.12. The number of benzene rings is 1. The van der Waals surface area contributed by atoms with Crippen LogP contribution >= 0.6 is 0 Å². The van der Waals surface area contributed by atoms with Gasteiger partial charge in [0.05, 0.1) is 6.26 Å². The summed E-state index contributed by atoms with van der Waals surface area (Å²) in [6.45, 7) is 0. The Balaban J connectivity index is 0.000000171. The molecule has 14 heavy (non-hydrogen) atoms. The number of para-hydroxylation sites is 1. The zero-order valence-electron chi connectivity index (χ0n) is 7.16. The summed E-state index contributed by atoms with van der Waals surface area (Å²) in [5.74, 6) is 0. The van der Waals surface area contributed by atoms with Gasteiger partial charge >= 0.3 is 9.05 Å². The molecule has 0 radical (unpaired) electrons. The van der Waals surface area contributed by atoms with Crippen molar-refractivity contribution < 1.29 is 23.6 Å². The van der Waals surface area contributed by atoms with E-state index < -0.39 is 9.05 Å². The Labute approximate surface area is 81.0 Å². The third-order valence-corrected chi connectivity index (χ3v) is 1.36. The summed E-state index contributed by atoms with van der Waals surface area (Å²) in [7, 11) is -4.61. The molecule has 0 spiro atoms. The van der Waals surface area contributed by atoms with E-state index in [1.807, 2.05) is 30.3 Å². The third-order valence-electron chi connectivity index (χ3n) is 1.36. The first kappa shape index (κ1) is 10.9. The van der Waals surface area contributed by atoms with Crippen molar-refractivity contribution in [1.82, 2.24) is 0 Å². The Hall–Kier alpha value is -1.18. The monoisotopic (exact) mass is 214 g/mol. The predicted molar refractivity (Wildman–Crippen MR) is 50.8 cm³/mol. The molecule has 0 atom stereocenters. The molecule has 76 valence electrons. The zero-order valence-corrected chi connectivity index (χ0v) is 8.16. The summed E-state index contributed by atoms with van der Waals surface area (Å²) in [6.07, 6.45) is 1.70. The first-order chi connectivity index (χ1) is 6.47. The Kier molecular flexibility index (Phi) is 3.39. The Morgan fingerprint density at radius 1 is 0.929 bits per heavy atom. The molecule has 2 rings (SSSR count). The molecule has 1 heterocycles. The highest BCUT2D eigenvalue weighted by molar-refractivity contribution is 6.46. The molecule has 0 bridgehead atoms. The van der Waals surface area contributed by atoms with Crippen molar-refractivity contribution in [3.63, 3.8) is 0 Å². The molecular formula is C8H10O5Si. The van der Waals surface area contributed by atoms with E-state index >= 15 is 0 Å². The molecule has 0 saturated carbocycles. The highest BCUT2D eigenvalue weighted by atomic mass is 28.4. The SMILES string of the molecule is O[Si](O)(O)O.c1ccc2occc2c1. The van der Waals surface area contributed by atoms with E-state index in [9.17, 15) is 0 Å². The number of furan rings is 1. The van der Waals surface area contributed by atoms with Crippen LogP contribution in [0.3, 0.4) is 0 Å². The molecule has 0 fully saturated rings. The van der Waals surface area contributed by atoms with E-state index in [4.69, 9.17) is 23.6 Å². The predicted octanol–water partition coefficient (Wildman–Crippen LogP) is -0.176. The topological polar surface area (TPSA) is 94.1 Å². The average Bonchev–Trinajstić information content (AvgIpc) is 2.47. The van der Waals surface area contributed by atoms with Crippen LogP contribution < -0.4 is 0 Å². The molecule has 1 aromatic heterocycles. The van der Waals surface area contributed by atoms with Crippen LogP contribution in [-0.4, -0.2) is 28.2 Å². The molecular weight excluding hydrogens is 204 g/mol. The Morgan fingerprint density at radius 3 is 2.07 bits per heavy atom. The fourth-order valence-corrected chi connectivity index (χ4v) is 0.906. The van der Waals surface area contributed by atoms with Crippen molar-refractivity contribution in [3.8, 4) is 0 Å². The summed E-state index contributed by atoms with van der Waals surface area (Å²) in [4.78, 5) is 29.3. The van der Waals surface area contributed by atoms with Crippen LogP contribution in [-0.2, 0) is 0 Å². The molecule has 0 saturated heterocycles. The van der Waals surface area contributed by atoms with E-state index in [2.05, 4.69) is 0 Å². The van der Waals surface area contributed by atoms with E-state index in [1.54, 1.807) is 6.26 Å². The quantitative estimate of drug-likeness (QED) is 0.457. The number of rotatable bonds is 0. The summed E-state index contributed by atoms with van der Waals surface area (Å²) in [5.41, 5.74) is 0.956. The molecule has 1 aromatic carbocycles. The van der Waals surface area contributed by atoms with Crippen molar-refractivity contribution in [2.24, 2.45) is 0 Å². The van der Waals surface area contributed by atoms with Crippen LogP contribution in [0, 0.1) is 0 Å². The van der Waals surface area contributed by atoms with Crippen molar-refractivity contribution in [2.45, 2.75) is 0 Å². The maximum atomic E-state index is 7.33. The van der Waals surface area contributed by atoms with Gasteiger partial charge in [0.2, 0.25) is 0 Å². The first-order valence-electron chi connectivity index (χ1n) is 3.78. The molecule has 0 amide bonds. The van der Waals surface area contributed by atoms with E-state index in [0.29, 0.717) is 0 Å². The lowest BCUT2D eigenvalue weighted by atomic mass is 10.3. The Morgan fingerprint density at radius 2 is 1.50 bits per heavy atom. The number of hydrogen-bond acceptors (Lipinski definition) is 5. The molecule has 0 aliphatic heterocycles. The average molecular weight is 214 g/mol. The van der Waals surface area contributed by atoms with Crippen LogP contribution in [0.25, 0.3) is 11.0 Å². The van der Waals surface area contributed by atoms with Crippen molar-refractivity contribution in [3.05, 3.63) is 36.6 Å². The van der Waals surface area contributed by atoms with E-state index in [1.165, 1.54) is 0 Å². The minimum Gasteiger partial charge on any atom is -0.464 e. The maximum Gasteiger partial charge on any atom is 0.668 e. The molecule has 2 aromatic rings. The van der Waals surface area contributed by atoms with Crippen molar-refractivity contribution >= 4 is 20.0 Å². The molecule has 0 unspecified atom stereocenters. The normalized spacial score (nSPS) is 10.9. The lowest BCUT2D eigenvalue weighted by Gasteiger charge is -1.91. The first-order valence-corrected chi connectivity index (χ1v) is 5.57. The standard InChI is InChI=1S/C8H6O.H4O4Si/c1-2-4-8-7(3-1)5-6-9-8;1-5(2,3)4/h1-6H;1-4H. The van der Waals surface area contributed by atoms with Crippen LogP contribution in [0.4, 0.5) is 0 Å². The number of fused-ring (bicyclic) bond motifs is 1. The second kappa shape index (κ2) is 4.36. The molecule has 0 aliphatic carbocycles. The fraction of sp³-hybridized carbons (Fsp3) is 0. The Bertz CT molecular complexity index is 356. The van der Waals surface area contributed by atoms with Gasteiger partial charge in [-0.2, -0.15) is 0 Å². The van der Waals surface area contributed by atoms with Crippen LogP contribution in [0.15, 0.2) is 41.0 Å². The van der Waals surface area contributed by atoms with Gasteiger partial charge in [0, 0.05) is 5.39 Å². The summed E-state index contributed by atoms with van der Waals surface area (Å²) in [6, 6.07) is 9.90. The second-order valence-corrected chi connectivity index (χ2v) is 3.76. The largest absolute Gasteiger partial charge is 0.668 e. The molecule has 4 N–H and O–H groups in total. The smallest absolute Gasteiger partial charge is 0.464 e. The molecule has 6 heteroatoms. The van der Waals surface area contributed by atoms with Gasteiger partial charge < -0.3 is 23.6 Å². The van der Waals surface area contributed by atoms with E-state index in [0.717, 1.165) is 11.0 Å².